The molecule has 0 aromatic heterocycles. The van der Waals surface area contributed by atoms with Crippen molar-refractivity contribution >= 4 is 5.91 Å². The number of amides is 1. The molecule has 110 valence electrons. The average Bonchev–Trinajstić information content (AvgIpc) is 2.75. The van der Waals surface area contributed by atoms with Gasteiger partial charge in [0.1, 0.15) is 0 Å². The van der Waals surface area contributed by atoms with Gasteiger partial charge in [0.05, 0.1) is 6.54 Å². The largest absolute Gasteiger partial charge is 0.419 e. The Morgan fingerprint density at radius 3 is 2.55 bits per heavy atom. The van der Waals surface area contributed by atoms with Crippen LogP contribution in [0.25, 0.3) is 0 Å². The van der Waals surface area contributed by atoms with Crippen LogP contribution < -0.4 is 0 Å². The minimum Gasteiger partial charge on any atom is -0.379 e. The van der Waals surface area contributed by atoms with Crippen LogP contribution in [0, 0.1) is 13.8 Å². The first kappa shape index (κ1) is 14.8. The molecule has 3 nitrogen and oxygen atoms in total. The number of aliphatic hydroxyl groups is 1. The van der Waals surface area contributed by atoms with Crippen LogP contribution in [-0.2, 0) is 0 Å². The molecule has 1 heterocycles. The number of benzene rings is 1. The molecule has 0 radical (unpaired) electrons. The number of hydrogen-bond acceptors (Lipinski definition) is 2. The monoisotopic (exact) mass is 287 g/mol. The molecule has 1 aromatic carbocycles. The van der Waals surface area contributed by atoms with Gasteiger partial charge in [0.2, 0.25) is 0 Å². The summed E-state index contributed by atoms with van der Waals surface area (Å²) < 4.78 is 38.2. The fourth-order valence-electron chi connectivity index (χ4n) is 2.35. The second-order valence-corrected chi connectivity index (χ2v) is 5.25. The van der Waals surface area contributed by atoms with Crippen molar-refractivity contribution < 1.29 is 23.1 Å². The lowest BCUT2D eigenvalue weighted by Crippen LogP contribution is -2.48. The van der Waals surface area contributed by atoms with E-state index in [-0.39, 0.29) is 6.54 Å². The van der Waals surface area contributed by atoms with Gasteiger partial charge in [0, 0.05) is 18.5 Å². The number of likely N-dealkylation sites (tertiary alicyclic amines) is 1. The molecule has 20 heavy (non-hydrogen) atoms. The molecular formula is C14H16F3NO2. The smallest absolute Gasteiger partial charge is 0.379 e. The van der Waals surface area contributed by atoms with Gasteiger partial charge in [0.25, 0.3) is 5.91 Å². The van der Waals surface area contributed by atoms with Gasteiger partial charge < -0.3 is 10.0 Å². The molecule has 1 amide bonds. The van der Waals surface area contributed by atoms with Crippen molar-refractivity contribution in [3.05, 3.63) is 34.9 Å². The van der Waals surface area contributed by atoms with Crippen molar-refractivity contribution in [1.29, 1.82) is 0 Å². The minimum absolute atomic E-state index is 0.0950. The Balaban J connectivity index is 2.23. The summed E-state index contributed by atoms with van der Waals surface area (Å²) in [4.78, 5) is 13.3. The van der Waals surface area contributed by atoms with Gasteiger partial charge in [-0.25, -0.2) is 0 Å². The van der Waals surface area contributed by atoms with E-state index in [1.165, 1.54) is 0 Å². The molecule has 0 bridgehead atoms. The molecule has 1 aromatic rings. The molecule has 6 heteroatoms. The fraction of sp³-hybridized carbons (Fsp3) is 0.500. The Kier molecular flexibility index (Phi) is 3.54. The predicted octanol–water partition coefficient (Wildman–Crippen LogP) is 2.44. The first-order valence-electron chi connectivity index (χ1n) is 6.30. The van der Waals surface area contributed by atoms with Crippen LogP contribution in [0.5, 0.6) is 0 Å². The van der Waals surface area contributed by atoms with Gasteiger partial charge >= 0.3 is 6.18 Å². The first-order chi connectivity index (χ1) is 9.16. The molecule has 0 unspecified atom stereocenters. The van der Waals surface area contributed by atoms with Crippen LogP contribution in [0.4, 0.5) is 13.2 Å². The summed E-state index contributed by atoms with van der Waals surface area (Å²) in [5.41, 5.74) is -0.752. The maximum absolute atomic E-state index is 12.7. The number of aryl methyl sites for hydroxylation is 1. The molecule has 1 aliphatic heterocycles. The SMILES string of the molecule is Cc1cccc(C(=O)N2CC[C@@](O)(C(F)(F)F)C2)c1C. The van der Waals surface area contributed by atoms with Gasteiger partial charge in [-0.05, 0) is 31.0 Å². The van der Waals surface area contributed by atoms with Crippen LogP contribution >= 0.6 is 0 Å². The van der Waals surface area contributed by atoms with E-state index in [0.717, 1.165) is 16.0 Å². The highest BCUT2D eigenvalue weighted by atomic mass is 19.4. The van der Waals surface area contributed by atoms with Gasteiger partial charge in [-0.2, -0.15) is 13.2 Å². The molecule has 0 saturated carbocycles. The molecule has 1 aliphatic rings. The summed E-state index contributed by atoms with van der Waals surface area (Å²) in [6.45, 7) is 2.79. The Hall–Kier alpha value is -1.56. The Labute approximate surface area is 115 Å². The van der Waals surface area contributed by atoms with Crippen LogP contribution in [0.2, 0.25) is 0 Å². The number of halogens is 3. The highest BCUT2D eigenvalue weighted by Crippen LogP contribution is 2.38. The first-order valence-corrected chi connectivity index (χ1v) is 6.30. The number of hydrogen-bond donors (Lipinski definition) is 1. The Morgan fingerprint density at radius 2 is 2.00 bits per heavy atom. The predicted molar refractivity (Wildman–Crippen MR) is 67.4 cm³/mol. The van der Waals surface area contributed by atoms with E-state index in [1.54, 1.807) is 19.1 Å². The number of β-amino-alcohol motifs (C(OH)–C–C–N with tert-alkyl or cyclic N) is 1. The average molecular weight is 287 g/mol. The van der Waals surface area contributed by atoms with Crippen molar-refractivity contribution in [1.82, 2.24) is 4.90 Å². The highest BCUT2D eigenvalue weighted by molar-refractivity contribution is 5.96. The standard InChI is InChI=1S/C14H16F3NO2/c1-9-4-3-5-11(10(9)2)12(19)18-7-6-13(20,8-18)14(15,16)17/h3-5,20H,6-8H2,1-2H3/t13-/m0/s1. The normalized spacial score (nSPS) is 23.2. The van der Waals surface area contributed by atoms with Gasteiger partial charge in [-0.1, -0.05) is 12.1 Å². The van der Waals surface area contributed by atoms with Crippen molar-refractivity contribution in [3.63, 3.8) is 0 Å². The van der Waals surface area contributed by atoms with Crippen molar-refractivity contribution in [2.24, 2.45) is 0 Å². The molecule has 1 fully saturated rings. The van der Waals surface area contributed by atoms with E-state index in [4.69, 9.17) is 0 Å². The molecule has 1 saturated heterocycles. The lowest BCUT2D eigenvalue weighted by Gasteiger charge is -2.26. The Morgan fingerprint density at radius 1 is 1.35 bits per heavy atom. The van der Waals surface area contributed by atoms with Crippen molar-refractivity contribution in [2.45, 2.75) is 32.0 Å². The number of carbonyl (C=O) groups excluding carboxylic acids is 1. The van der Waals surface area contributed by atoms with Crippen LogP contribution in [0.15, 0.2) is 18.2 Å². The van der Waals surface area contributed by atoms with Gasteiger partial charge in [-0.3, -0.25) is 4.79 Å². The molecular weight excluding hydrogens is 271 g/mol. The zero-order chi connectivity index (χ0) is 15.1. The van der Waals surface area contributed by atoms with E-state index in [2.05, 4.69) is 0 Å². The number of carbonyl (C=O) groups is 1. The zero-order valence-electron chi connectivity index (χ0n) is 11.3. The number of nitrogens with zero attached hydrogens (tertiary/aromatic N) is 1. The lowest BCUT2D eigenvalue weighted by atomic mass is 10.0. The minimum atomic E-state index is -4.72. The van der Waals surface area contributed by atoms with Crippen LogP contribution in [0.1, 0.15) is 27.9 Å². The van der Waals surface area contributed by atoms with E-state index >= 15 is 0 Å². The molecule has 1 N–H and O–H groups in total. The third-order valence-corrected chi connectivity index (χ3v) is 3.90. The summed E-state index contributed by atoms with van der Waals surface area (Å²) in [5, 5.41) is 9.60. The lowest BCUT2D eigenvalue weighted by molar-refractivity contribution is -0.253. The third kappa shape index (κ3) is 2.40. The van der Waals surface area contributed by atoms with E-state index in [9.17, 15) is 23.1 Å². The Bertz CT molecular complexity index is 542. The summed E-state index contributed by atoms with van der Waals surface area (Å²) in [6, 6.07) is 5.12. The van der Waals surface area contributed by atoms with Crippen LogP contribution in [0.3, 0.4) is 0 Å². The van der Waals surface area contributed by atoms with E-state index < -0.39 is 30.7 Å². The molecule has 1 atom stereocenters. The summed E-state index contributed by atoms with van der Waals surface area (Å²) in [5.74, 6) is -0.466. The number of rotatable bonds is 1. The van der Waals surface area contributed by atoms with E-state index in [0.29, 0.717) is 5.56 Å². The summed E-state index contributed by atoms with van der Waals surface area (Å²) in [6.07, 6.45) is -5.20. The maximum Gasteiger partial charge on any atom is 0.419 e. The van der Waals surface area contributed by atoms with Gasteiger partial charge in [-0.15, -0.1) is 0 Å². The summed E-state index contributed by atoms with van der Waals surface area (Å²) in [7, 11) is 0. The third-order valence-electron chi connectivity index (χ3n) is 3.90. The zero-order valence-corrected chi connectivity index (χ0v) is 11.3. The van der Waals surface area contributed by atoms with Crippen LogP contribution in [-0.4, -0.2) is 40.8 Å². The molecule has 2 rings (SSSR count). The fourth-order valence-corrected chi connectivity index (χ4v) is 2.35. The second kappa shape index (κ2) is 4.77. The van der Waals surface area contributed by atoms with Gasteiger partial charge in [0.15, 0.2) is 5.60 Å². The topological polar surface area (TPSA) is 40.5 Å². The molecule has 0 spiro atoms. The quantitative estimate of drug-likeness (QED) is 0.862. The number of alkyl halides is 3. The highest BCUT2D eigenvalue weighted by Gasteiger charge is 2.57. The maximum atomic E-state index is 12.7. The van der Waals surface area contributed by atoms with Crippen molar-refractivity contribution in [3.8, 4) is 0 Å². The van der Waals surface area contributed by atoms with E-state index in [1.807, 2.05) is 13.0 Å². The van der Waals surface area contributed by atoms with Crippen molar-refractivity contribution in [2.75, 3.05) is 13.1 Å². The molecule has 0 aliphatic carbocycles. The second-order valence-electron chi connectivity index (χ2n) is 5.25. The summed E-state index contributed by atoms with van der Waals surface area (Å²) >= 11 is 0.